The van der Waals surface area contributed by atoms with Crippen LogP contribution in [0.15, 0.2) is 54.6 Å². The van der Waals surface area contributed by atoms with Crippen molar-refractivity contribution >= 4 is 6.16 Å². The van der Waals surface area contributed by atoms with Crippen molar-refractivity contribution in [3.05, 3.63) is 65.7 Å². The highest BCUT2D eigenvalue weighted by Crippen LogP contribution is 2.34. The molecule has 0 aromatic heterocycles. The standard InChI is InChI=1S/C23H29NO7/c25-15-19-13-24(31-23(27)28)14-21(26)22(19)18-7-9-20(10-8-18)30-12-4-11-29-16-17-5-2-1-3-6-17/h1-3,5-10,19,21-22,25-26H,4,11-16H2,(H,27,28). The third-order valence-corrected chi connectivity index (χ3v) is 5.27. The maximum Gasteiger partial charge on any atom is 0.525 e. The molecule has 1 aliphatic heterocycles. The fourth-order valence-electron chi connectivity index (χ4n) is 3.84. The second kappa shape index (κ2) is 11.7. The molecule has 3 unspecified atom stereocenters. The minimum atomic E-state index is -1.44. The van der Waals surface area contributed by atoms with Crippen LogP contribution in [-0.2, 0) is 16.2 Å². The predicted molar refractivity (Wildman–Crippen MR) is 113 cm³/mol. The largest absolute Gasteiger partial charge is 0.525 e. The van der Waals surface area contributed by atoms with Crippen LogP contribution >= 0.6 is 0 Å². The Morgan fingerprint density at radius 1 is 1.03 bits per heavy atom. The molecular formula is C23H29NO7. The first-order valence-electron chi connectivity index (χ1n) is 10.4. The molecule has 0 saturated carbocycles. The maximum atomic E-state index is 10.7. The van der Waals surface area contributed by atoms with Crippen LogP contribution in [-0.4, -0.2) is 65.6 Å². The summed E-state index contributed by atoms with van der Waals surface area (Å²) in [6.07, 6.45) is -1.53. The number of β-amino-alcohol motifs (C(OH)–C–C–N with tert-alkyl or cyclic N) is 1. The lowest BCUT2D eigenvalue weighted by molar-refractivity contribution is -0.172. The Morgan fingerprint density at radius 2 is 1.77 bits per heavy atom. The van der Waals surface area contributed by atoms with Gasteiger partial charge in [0.05, 0.1) is 32.5 Å². The second-order valence-electron chi connectivity index (χ2n) is 7.55. The van der Waals surface area contributed by atoms with Gasteiger partial charge in [-0.2, -0.15) is 0 Å². The second-order valence-corrected chi connectivity index (χ2v) is 7.55. The third kappa shape index (κ3) is 6.93. The summed E-state index contributed by atoms with van der Waals surface area (Å²) in [5.41, 5.74) is 2.00. The van der Waals surface area contributed by atoms with Crippen molar-refractivity contribution in [2.24, 2.45) is 5.92 Å². The van der Waals surface area contributed by atoms with E-state index in [1.807, 2.05) is 54.6 Å². The van der Waals surface area contributed by atoms with Crippen molar-refractivity contribution < 1.29 is 34.4 Å². The molecule has 0 aliphatic carbocycles. The summed E-state index contributed by atoms with van der Waals surface area (Å²) in [6.45, 7) is 1.79. The first kappa shape index (κ1) is 23.0. The first-order chi connectivity index (χ1) is 15.1. The lowest BCUT2D eigenvalue weighted by atomic mass is 9.79. The highest BCUT2D eigenvalue weighted by Gasteiger charge is 2.38. The number of carbonyl (C=O) groups is 1. The average molecular weight is 431 g/mol. The third-order valence-electron chi connectivity index (χ3n) is 5.27. The van der Waals surface area contributed by atoms with Gasteiger partial charge in [-0.05, 0) is 23.3 Å². The Labute approximate surface area is 181 Å². The van der Waals surface area contributed by atoms with Crippen LogP contribution in [0.2, 0.25) is 0 Å². The summed E-state index contributed by atoms with van der Waals surface area (Å²) in [6, 6.07) is 17.4. The molecule has 3 N–H and O–H groups in total. The van der Waals surface area contributed by atoms with Crippen molar-refractivity contribution in [3.63, 3.8) is 0 Å². The fourth-order valence-corrected chi connectivity index (χ4v) is 3.84. The Balaban J connectivity index is 1.44. The van der Waals surface area contributed by atoms with E-state index in [0.29, 0.717) is 25.6 Å². The zero-order valence-corrected chi connectivity index (χ0v) is 17.3. The Kier molecular flexibility index (Phi) is 8.66. The zero-order valence-electron chi connectivity index (χ0n) is 17.3. The molecule has 8 heteroatoms. The summed E-state index contributed by atoms with van der Waals surface area (Å²) >= 11 is 0. The summed E-state index contributed by atoms with van der Waals surface area (Å²) < 4.78 is 11.4. The molecule has 2 aromatic carbocycles. The number of hydrogen-bond acceptors (Lipinski definition) is 7. The van der Waals surface area contributed by atoms with E-state index < -0.39 is 12.3 Å². The molecule has 1 saturated heterocycles. The number of nitrogens with zero attached hydrogens (tertiary/aromatic N) is 1. The molecule has 0 radical (unpaired) electrons. The van der Waals surface area contributed by atoms with E-state index in [-0.39, 0.29) is 31.5 Å². The molecule has 0 bridgehead atoms. The van der Waals surface area contributed by atoms with Crippen LogP contribution in [0, 0.1) is 5.92 Å². The minimum Gasteiger partial charge on any atom is -0.494 e. The Morgan fingerprint density at radius 3 is 2.45 bits per heavy atom. The molecule has 0 spiro atoms. The summed E-state index contributed by atoms with van der Waals surface area (Å²) in [5.74, 6) is 0.0456. The van der Waals surface area contributed by atoms with Crippen LogP contribution in [0.3, 0.4) is 0 Å². The molecule has 8 nitrogen and oxygen atoms in total. The van der Waals surface area contributed by atoms with Crippen LogP contribution in [0.1, 0.15) is 23.5 Å². The van der Waals surface area contributed by atoms with Crippen molar-refractivity contribution in [2.75, 3.05) is 32.9 Å². The van der Waals surface area contributed by atoms with Crippen LogP contribution in [0.25, 0.3) is 0 Å². The molecule has 168 valence electrons. The summed E-state index contributed by atoms with van der Waals surface area (Å²) in [7, 11) is 0. The maximum absolute atomic E-state index is 10.7. The van der Waals surface area contributed by atoms with Crippen molar-refractivity contribution in [2.45, 2.75) is 25.0 Å². The summed E-state index contributed by atoms with van der Waals surface area (Å²) in [4.78, 5) is 15.4. The van der Waals surface area contributed by atoms with Gasteiger partial charge in [-0.3, -0.25) is 0 Å². The molecular weight excluding hydrogens is 402 g/mol. The normalized spacial score (nSPS) is 21.5. The van der Waals surface area contributed by atoms with Crippen molar-refractivity contribution in [3.8, 4) is 5.75 Å². The highest BCUT2D eigenvalue weighted by molar-refractivity contribution is 5.56. The Bertz CT molecular complexity index is 799. The van der Waals surface area contributed by atoms with E-state index in [0.717, 1.165) is 17.5 Å². The number of rotatable bonds is 10. The number of piperidine rings is 1. The van der Waals surface area contributed by atoms with Gasteiger partial charge in [0.1, 0.15) is 5.75 Å². The van der Waals surface area contributed by atoms with Gasteiger partial charge < -0.3 is 29.6 Å². The molecule has 1 heterocycles. The molecule has 3 rings (SSSR count). The molecule has 0 amide bonds. The zero-order chi connectivity index (χ0) is 22.1. The topological polar surface area (TPSA) is 109 Å². The first-order valence-corrected chi connectivity index (χ1v) is 10.4. The summed E-state index contributed by atoms with van der Waals surface area (Å²) in [5, 5.41) is 30.2. The van der Waals surface area contributed by atoms with E-state index in [4.69, 9.17) is 14.6 Å². The molecule has 2 aromatic rings. The molecule has 31 heavy (non-hydrogen) atoms. The van der Waals surface area contributed by atoms with E-state index in [9.17, 15) is 15.0 Å². The number of hydrogen-bond donors (Lipinski definition) is 3. The van der Waals surface area contributed by atoms with Crippen molar-refractivity contribution in [1.82, 2.24) is 5.06 Å². The van der Waals surface area contributed by atoms with Gasteiger partial charge in [-0.15, -0.1) is 5.06 Å². The monoisotopic (exact) mass is 431 g/mol. The van der Waals surface area contributed by atoms with Gasteiger partial charge in [0, 0.05) is 31.4 Å². The number of hydroxylamine groups is 2. The number of carboxylic acid groups (broad SMARTS) is 1. The fraction of sp³-hybridized carbons (Fsp3) is 0.435. The lowest BCUT2D eigenvalue weighted by Crippen LogP contribution is -2.49. The number of benzene rings is 2. The van der Waals surface area contributed by atoms with E-state index in [1.165, 1.54) is 5.06 Å². The molecule has 1 fully saturated rings. The highest BCUT2D eigenvalue weighted by atomic mass is 16.8. The van der Waals surface area contributed by atoms with Crippen LogP contribution in [0.4, 0.5) is 4.79 Å². The molecule has 3 atom stereocenters. The van der Waals surface area contributed by atoms with Crippen molar-refractivity contribution in [1.29, 1.82) is 0 Å². The van der Waals surface area contributed by atoms with Gasteiger partial charge >= 0.3 is 6.16 Å². The quantitative estimate of drug-likeness (QED) is 0.493. The smallest absolute Gasteiger partial charge is 0.494 e. The van der Waals surface area contributed by atoms with Crippen LogP contribution in [0.5, 0.6) is 5.75 Å². The minimum absolute atomic E-state index is 0.0503. The van der Waals surface area contributed by atoms with Gasteiger partial charge in [0.25, 0.3) is 0 Å². The van der Waals surface area contributed by atoms with E-state index in [1.54, 1.807) is 0 Å². The van der Waals surface area contributed by atoms with Gasteiger partial charge in [0.2, 0.25) is 0 Å². The average Bonchev–Trinajstić information content (AvgIpc) is 2.76. The number of aliphatic hydroxyl groups excluding tert-OH is 2. The van der Waals surface area contributed by atoms with Gasteiger partial charge in [-0.25, -0.2) is 4.79 Å². The Hall–Kier alpha value is -2.65. The van der Waals surface area contributed by atoms with E-state index in [2.05, 4.69) is 4.84 Å². The van der Waals surface area contributed by atoms with Gasteiger partial charge in [-0.1, -0.05) is 42.5 Å². The SMILES string of the molecule is O=C(O)ON1CC(O)C(c2ccc(OCCCOCc3ccccc3)cc2)C(CO)C1. The predicted octanol–water partition coefficient (Wildman–Crippen LogP) is 2.65. The van der Waals surface area contributed by atoms with E-state index >= 15 is 0 Å². The number of aliphatic hydroxyl groups is 2. The molecule has 1 aliphatic rings. The van der Waals surface area contributed by atoms with Gasteiger partial charge in [0.15, 0.2) is 0 Å². The number of ether oxygens (including phenoxy) is 2. The van der Waals surface area contributed by atoms with Crippen LogP contribution < -0.4 is 4.74 Å². The lowest BCUT2D eigenvalue weighted by Gasteiger charge is -2.39.